The average molecular weight is 371 g/mol. The first-order valence-corrected chi connectivity index (χ1v) is 8.44. The van der Waals surface area contributed by atoms with E-state index in [-0.39, 0.29) is 4.90 Å². The summed E-state index contributed by atoms with van der Waals surface area (Å²) in [5.41, 5.74) is -1.28. The van der Waals surface area contributed by atoms with Crippen molar-refractivity contribution in [3.05, 3.63) is 58.5 Å². The molecule has 0 spiro atoms. The largest absolute Gasteiger partial charge is 0.320 e. The molecule has 1 heterocycles. The molecule has 0 atom stereocenters. The number of amides is 1. The van der Waals surface area contributed by atoms with E-state index in [1.165, 1.54) is 14.1 Å². The molecule has 1 amide bonds. The van der Waals surface area contributed by atoms with Crippen LogP contribution in [0.25, 0.3) is 0 Å². The lowest BCUT2D eigenvalue weighted by Crippen LogP contribution is -2.29. The van der Waals surface area contributed by atoms with Crippen LogP contribution in [0.4, 0.5) is 14.5 Å². The van der Waals surface area contributed by atoms with Crippen molar-refractivity contribution in [2.45, 2.75) is 11.4 Å². The Balaban J connectivity index is 2.28. The number of carbonyl (C=O) groups excluding carboxylic acids is 1. The maximum atomic E-state index is 13.5. The fraction of sp³-hybridized carbons (Fsp3) is 0.200. The Labute approximate surface area is 142 Å². The van der Waals surface area contributed by atoms with Gasteiger partial charge >= 0.3 is 0 Å². The van der Waals surface area contributed by atoms with Crippen molar-refractivity contribution in [1.82, 2.24) is 8.87 Å². The van der Waals surface area contributed by atoms with Gasteiger partial charge in [-0.3, -0.25) is 9.59 Å². The Morgan fingerprint density at radius 2 is 1.76 bits per heavy atom. The zero-order valence-electron chi connectivity index (χ0n) is 13.4. The highest BCUT2D eigenvalue weighted by molar-refractivity contribution is 7.89. The molecule has 1 N–H and O–H groups in total. The lowest BCUT2D eigenvalue weighted by molar-refractivity contribution is -0.116. The number of rotatable bonds is 5. The van der Waals surface area contributed by atoms with Gasteiger partial charge in [-0.15, -0.1) is 0 Å². The van der Waals surface area contributed by atoms with E-state index < -0.39 is 45.4 Å². The van der Waals surface area contributed by atoms with Gasteiger partial charge in [0.15, 0.2) is 0 Å². The maximum absolute atomic E-state index is 13.5. The lowest BCUT2D eigenvalue weighted by atomic mass is 10.3. The first-order chi connectivity index (χ1) is 11.6. The summed E-state index contributed by atoms with van der Waals surface area (Å²) < 4.78 is 53.0. The SMILES string of the molecule is CN(C)S(=O)(=O)c1ccc(=O)n(CC(=O)Nc2c(F)cccc2F)c1. The Hall–Kier alpha value is -2.59. The van der Waals surface area contributed by atoms with E-state index in [1.54, 1.807) is 0 Å². The minimum absolute atomic E-state index is 0.193. The third kappa shape index (κ3) is 4.09. The van der Waals surface area contributed by atoms with Gasteiger partial charge < -0.3 is 9.88 Å². The van der Waals surface area contributed by atoms with E-state index in [1.807, 2.05) is 5.32 Å². The Bertz CT molecular complexity index is 951. The second-order valence-corrected chi connectivity index (χ2v) is 7.42. The standard InChI is InChI=1S/C15H15F2N3O4S/c1-19(2)25(23,24)10-6-7-14(22)20(8-10)9-13(21)18-15-11(16)4-3-5-12(15)17/h3-8H,9H2,1-2H3,(H,18,21). The van der Waals surface area contributed by atoms with Gasteiger partial charge in [-0.2, -0.15) is 0 Å². The van der Waals surface area contributed by atoms with Crippen molar-refractivity contribution >= 4 is 21.6 Å². The van der Waals surface area contributed by atoms with Crippen LogP contribution in [0.5, 0.6) is 0 Å². The third-order valence-corrected chi connectivity index (χ3v) is 5.07. The number of pyridine rings is 1. The minimum atomic E-state index is -3.80. The van der Waals surface area contributed by atoms with Crippen LogP contribution in [0.15, 0.2) is 46.2 Å². The smallest absolute Gasteiger partial charge is 0.251 e. The first kappa shape index (κ1) is 18.7. The van der Waals surface area contributed by atoms with Crippen LogP contribution >= 0.6 is 0 Å². The normalized spacial score (nSPS) is 11.6. The van der Waals surface area contributed by atoms with Crippen LogP contribution in [0.3, 0.4) is 0 Å². The molecule has 25 heavy (non-hydrogen) atoms. The number of para-hydroxylation sites is 1. The second-order valence-electron chi connectivity index (χ2n) is 5.26. The summed E-state index contributed by atoms with van der Waals surface area (Å²) >= 11 is 0. The number of nitrogens with zero attached hydrogens (tertiary/aromatic N) is 2. The number of halogens is 2. The van der Waals surface area contributed by atoms with Crippen LogP contribution < -0.4 is 10.9 Å². The van der Waals surface area contributed by atoms with E-state index >= 15 is 0 Å². The average Bonchev–Trinajstić information content (AvgIpc) is 2.53. The van der Waals surface area contributed by atoms with Crippen LogP contribution in [0.2, 0.25) is 0 Å². The van der Waals surface area contributed by atoms with Crippen molar-refractivity contribution < 1.29 is 22.0 Å². The molecule has 0 unspecified atom stereocenters. The molecule has 2 rings (SSSR count). The van der Waals surface area contributed by atoms with E-state index in [9.17, 15) is 26.8 Å². The highest BCUT2D eigenvalue weighted by atomic mass is 32.2. The number of benzene rings is 1. The zero-order valence-corrected chi connectivity index (χ0v) is 14.2. The number of nitrogens with one attached hydrogen (secondary N) is 1. The molecule has 0 aliphatic heterocycles. The van der Waals surface area contributed by atoms with Gasteiger partial charge in [0.05, 0.1) is 4.90 Å². The Kier molecular flexibility index (Phi) is 5.33. The topological polar surface area (TPSA) is 88.5 Å². The molecule has 0 radical (unpaired) electrons. The summed E-state index contributed by atoms with van der Waals surface area (Å²) in [6.45, 7) is -0.608. The maximum Gasteiger partial charge on any atom is 0.251 e. The second kappa shape index (κ2) is 7.11. The molecule has 0 bridgehead atoms. The molecule has 0 fully saturated rings. The van der Waals surface area contributed by atoms with E-state index in [4.69, 9.17) is 0 Å². The minimum Gasteiger partial charge on any atom is -0.320 e. The van der Waals surface area contributed by atoms with E-state index in [0.29, 0.717) is 0 Å². The van der Waals surface area contributed by atoms with Gasteiger partial charge in [0.25, 0.3) is 5.56 Å². The molecule has 1 aromatic carbocycles. The van der Waals surface area contributed by atoms with Crippen LogP contribution in [-0.4, -0.2) is 37.3 Å². The summed E-state index contributed by atoms with van der Waals surface area (Å²) in [5.74, 6) is -2.82. The van der Waals surface area contributed by atoms with Gasteiger partial charge in [0.2, 0.25) is 15.9 Å². The molecular weight excluding hydrogens is 356 g/mol. The van der Waals surface area contributed by atoms with Gasteiger partial charge in [0, 0.05) is 26.4 Å². The van der Waals surface area contributed by atoms with Gasteiger partial charge in [0.1, 0.15) is 23.9 Å². The highest BCUT2D eigenvalue weighted by Gasteiger charge is 2.19. The summed E-state index contributed by atoms with van der Waals surface area (Å²) in [7, 11) is -1.17. The number of hydrogen-bond acceptors (Lipinski definition) is 4. The molecule has 0 saturated heterocycles. The summed E-state index contributed by atoms with van der Waals surface area (Å²) in [6.07, 6.45) is 0.995. The van der Waals surface area contributed by atoms with Gasteiger partial charge in [-0.25, -0.2) is 21.5 Å². The Morgan fingerprint density at radius 1 is 1.16 bits per heavy atom. The van der Waals surface area contributed by atoms with Crippen LogP contribution in [0, 0.1) is 11.6 Å². The molecule has 7 nitrogen and oxygen atoms in total. The molecule has 10 heteroatoms. The van der Waals surface area contributed by atoms with Crippen molar-refractivity contribution in [2.24, 2.45) is 0 Å². The number of carbonyl (C=O) groups is 1. The number of hydrogen-bond donors (Lipinski definition) is 1. The molecule has 0 aliphatic carbocycles. The fourth-order valence-electron chi connectivity index (χ4n) is 1.95. The molecule has 134 valence electrons. The third-order valence-electron chi connectivity index (χ3n) is 3.28. The number of aromatic nitrogens is 1. The van der Waals surface area contributed by atoms with Crippen LogP contribution in [-0.2, 0) is 21.4 Å². The van der Waals surface area contributed by atoms with Crippen LogP contribution in [0.1, 0.15) is 0 Å². The quantitative estimate of drug-likeness (QED) is 0.850. The lowest BCUT2D eigenvalue weighted by Gasteiger charge is -2.13. The van der Waals surface area contributed by atoms with Gasteiger partial charge in [-0.05, 0) is 18.2 Å². The van der Waals surface area contributed by atoms with E-state index in [0.717, 1.165) is 45.4 Å². The number of sulfonamides is 1. The number of anilines is 1. The molecule has 0 aliphatic rings. The monoisotopic (exact) mass is 371 g/mol. The predicted molar refractivity (Wildman–Crippen MR) is 86.6 cm³/mol. The molecule has 1 aromatic heterocycles. The zero-order chi connectivity index (χ0) is 18.8. The summed E-state index contributed by atoms with van der Waals surface area (Å²) in [5, 5.41) is 2.03. The molecular formula is C15H15F2N3O4S. The highest BCUT2D eigenvalue weighted by Crippen LogP contribution is 2.18. The predicted octanol–water partition coefficient (Wildman–Crippen LogP) is 1.02. The van der Waals surface area contributed by atoms with Gasteiger partial charge in [-0.1, -0.05) is 6.07 Å². The Morgan fingerprint density at radius 3 is 2.32 bits per heavy atom. The fourth-order valence-corrected chi connectivity index (χ4v) is 2.87. The summed E-state index contributed by atoms with van der Waals surface area (Å²) in [4.78, 5) is 23.6. The van der Waals surface area contributed by atoms with E-state index in [2.05, 4.69) is 0 Å². The van der Waals surface area contributed by atoms with Crippen molar-refractivity contribution in [3.63, 3.8) is 0 Å². The van der Waals surface area contributed by atoms with Crippen molar-refractivity contribution in [3.8, 4) is 0 Å². The van der Waals surface area contributed by atoms with Crippen molar-refractivity contribution in [1.29, 1.82) is 0 Å². The molecule has 2 aromatic rings. The van der Waals surface area contributed by atoms with Crippen molar-refractivity contribution in [2.75, 3.05) is 19.4 Å². The first-order valence-electron chi connectivity index (χ1n) is 7.00. The molecule has 0 saturated carbocycles. The summed E-state index contributed by atoms with van der Waals surface area (Å²) in [6, 6.07) is 5.18.